The summed E-state index contributed by atoms with van der Waals surface area (Å²) < 4.78 is 7.74. The first-order valence-corrected chi connectivity index (χ1v) is 7.78. The second kappa shape index (κ2) is 6.45. The van der Waals surface area contributed by atoms with Crippen LogP contribution in [0.2, 0.25) is 5.02 Å². The lowest BCUT2D eigenvalue weighted by Gasteiger charge is -2.13. The topological polar surface area (TPSA) is 79.0 Å². The Kier molecular flexibility index (Phi) is 4.35. The molecule has 0 aliphatic rings. The maximum absolute atomic E-state index is 12.6. The number of hydrogen-bond acceptors (Lipinski definition) is 5. The van der Waals surface area contributed by atoms with Crippen LogP contribution < -0.4 is 5.56 Å². The van der Waals surface area contributed by atoms with E-state index in [1.807, 2.05) is 0 Å². The molecule has 3 rings (SSSR count). The fourth-order valence-corrected chi connectivity index (χ4v) is 2.48. The van der Waals surface area contributed by atoms with Crippen LogP contribution in [0.5, 0.6) is 0 Å². The molecule has 1 atom stereocenters. The number of carbonyl (C=O) groups is 1. The summed E-state index contributed by atoms with van der Waals surface area (Å²) in [5.74, 6) is -0.481. The molecule has 2 heterocycles. The van der Waals surface area contributed by atoms with Gasteiger partial charge in [0.2, 0.25) is 0 Å². The monoisotopic (exact) mass is 346 g/mol. The van der Waals surface area contributed by atoms with Gasteiger partial charge >= 0.3 is 5.97 Å². The van der Waals surface area contributed by atoms with Gasteiger partial charge in [0.05, 0.1) is 18.5 Å². The highest BCUT2D eigenvalue weighted by atomic mass is 35.5. The van der Waals surface area contributed by atoms with Crippen molar-refractivity contribution in [2.24, 2.45) is 0 Å². The molecule has 7 nitrogen and oxygen atoms in total. The van der Waals surface area contributed by atoms with Crippen molar-refractivity contribution in [3.05, 3.63) is 52.2 Å². The minimum atomic E-state index is -0.756. The lowest BCUT2D eigenvalue weighted by atomic mass is 10.3. The number of rotatable bonds is 4. The average Bonchev–Trinajstić information content (AvgIpc) is 3.00. The molecule has 1 aromatic carbocycles. The number of halogens is 1. The number of ether oxygens (including phenoxy) is 1. The number of esters is 1. The Morgan fingerprint density at radius 1 is 1.33 bits per heavy atom. The lowest BCUT2D eigenvalue weighted by molar-refractivity contribution is -0.146. The summed E-state index contributed by atoms with van der Waals surface area (Å²) in [7, 11) is 0. The third-order valence-electron chi connectivity index (χ3n) is 3.63. The molecular weight excluding hydrogens is 332 g/mol. The smallest absolute Gasteiger partial charge is 0.328 e. The molecule has 24 heavy (non-hydrogen) atoms. The Labute approximate surface area is 142 Å². The van der Waals surface area contributed by atoms with Crippen molar-refractivity contribution in [1.29, 1.82) is 0 Å². The number of benzene rings is 1. The van der Waals surface area contributed by atoms with E-state index < -0.39 is 12.0 Å². The van der Waals surface area contributed by atoms with Gasteiger partial charge in [0.15, 0.2) is 5.65 Å². The first-order valence-electron chi connectivity index (χ1n) is 7.40. The van der Waals surface area contributed by atoms with Gasteiger partial charge in [0.25, 0.3) is 5.56 Å². The van der Waals surface area contributed by atoms with Crippen molar-refractivity contribution in [3.8, 4) is 5.69 Å². The van der Waals surface area contributed by atoms with E-state index in [0.717, 1.165) is 5.69 Å². The van der Waals surface area contributed by atoms with Crippen molar-refractivity contribution < 1.29 is 9.53 Å². The molecule has 0 unspecified atom stereocenters. The molecule has 0 bridgehead atoms. The van der Waals surface area contributed by atoms with Crippen LogP contribution in [0.4, 0.5) is 0 Å². The van der Waals surface area contributed by atoms with Crippen LogP contribution in [0.3, 0.4) is 0 Å². The van der Waals surface area contributed by atoms with Crippen molar-refractivity contribution in [2.75, 3.05) is 6.61 Å². The summed E-state index contributed by atoms with van der Waals surface area (Å²) in [6.45, 7) is 3.56. The maximum Gasteiger partial charge on any atom is 0.328 e. The van der Waals surface area contributed by atoms with E-state index >= 15 is 0 Å². The minimum Gasteiger partial charge on any atom is -0.464 e. The SMILES string of the molecule is CCOC(=O)[C@H](C)n1cnc2c(cnn2-c2ccc(Cl)cc2)c1=O. The number of fused-ring (bicyclic) bond motifs is 1. The fourth-order valence-electron chi connectivity index (χ4n) is 2.35. The number of carbonyl (C=O) groups excluding carboxylic acids is 1. The Bertz CT molecular complexity index is 946. The molecule has 3 aromatic rings. The highest BCUT2D eigenvalue weighted by Crippen LogP contribution is 2.17. The highest BCUT2D eigenvalue weighted by Gasteiger charge is 2.20. The first-order chi connectivity index (χ1) is 11.5. The van der Waals surface area contributed by atoms with E-state index in [9.17, 15) is 9.59 Å². The molecule has 0 fully saturated rings. The molecule has 0 N–H and O–H groups in total. The predicted molar refractivity (Wildman–Crippen MR) is 89.5 cm³/mol. The standard InChI is InChI=1S/C16H15ClN4O3/c1-3-24-16(23)10(2)20-9-18-14-13(15(20)22)8-19-21(14)12-6-4-11(17)5-7-12/h4-10H,3H2,1-2H3/t10-/m0/s1. The number of nitrogens with zero attached hydrogens (tertiary/aromatic N) is 4. The van der Waals surface area contributed by atoms with E-state index in [-0.39, 0.29) is 12.2 Å². The van der Waals surface area contributed by atoms with Gasteiger partial charge in [-0.25, -0.2) is 14.5 Å². The minimum absolute atomic E-state index is 0.252. The quantitative estimate of drug-likeness (QED) is 0.677. The third kappa shape index (κ3) is 2.78. The van der Waals surface area contributed by atoms with Crippen LogP contribution in [0.25, 0.3) is 16.7 Å². The molecule has 0 spiro atoms. The zero-order chi connectivity index (χ0) is 17.3. The first kappa shape index (κ1) is 16.2. The zero-order valence-corrected chi connectivity index (χ0v) is 13.9. The van der Waals surface area contributed by atoms with Gasteiger partial charge in [0.1, 0.15) is 17.8 Å². The molecular formula is C16H15ClN4O3. The van der Waals surface area contributed by atoms with Crippen LogP contribution in [0, 0.1) is 0 Å². The van der Waals surface area contributed by atoms with E-state index in [0.29, 0.717) is 16.1 Å². The predicted octanol–water partition coefficient (Wildman–Crippen LogP) is 2.36. The van der Waals surface area contributed by atoms with Crippen LogP contribution in [0.1, 0.15) is 19.9 Å². The van der Waals surface area contributed by atoms with Crippen LogP contribution in [0.15, 0.2) is 41.6 Å². The van der Waals surface area contributed by atoms with Crippen LogP contribution in [-0.4, -0.2) is 31.9 Å². The largest absolute Gasteiger partial charge is 0.464 e. The number of aromatic nitrogens is 4. The van der Waals surface area contributed by atoms with Gasteiger partial charge in [0, 0.05) is 5.02 Å². The van der Waals surface area contributed by atoms with Crippen LogP contribution >= 0.6 is 11.6 Å². The van der Waals surface area contributed by atoms with Crippen molar-refractivity contribution in [3.63, 3.8) is 0 Å². The molecule has 0 aliphatic carbocycles. The Morgan fingerprint density at radius 2 is 2.04 bits per heavy atom. The van der Waals surface area contributed by atoms with E-state index in [1.165, 1.54) is 17.1 Å². The Hall–Kier alpha value is -2.67. The van der Waals surface area contributed by atoms with Crippen LogP contribution in [-0.2, 0) is 9.53 Å². The summed E-state index contributed by atoms with van der Waals surface area (Å²) in [6, 6.07) is 6.27. The van der Waals surface area contributed by atoms with Gasteiger partial charge in [-0.2, -0.15) is 5.10 Å². The molecule has 8 heteroatoms. The van der Waals surface area contributed by atoms with Gasteiger partial charge in [-0.3, -0.25) is 9.36 Å². The van der Waals surface area contributed by atoms with Crippen molar-refractivity contribution in [1.82, 2.24) is 19.3 Å². The molecule has 0 radical (unpaired) electrons. The van der Waals surface area contributed by atoms with E-state index in [1.54, 1.807) is 42.8 Å². The second-order valence-corrected chi connectivity index (χ2v) is 5.59. The molecule has 0 saturated carbocycles. The Morgan fingerprint density at radius 3 is 2.71 bits per heavy atom. The molecule has 0 amide bonds. The van der Waals surface area contributed by atoms with E-state index in [4.69, 9.17) is 16.3 Å². The number of hydrogen-bond donors (Lipinski definition) is 0. The molecule has 2 aromatic heterocycles. The molecule has 124 valence electrons. The highest BCUT2D eigenvalue weighted by molar-refractivity contribution is 6.30. The van der Waals surface area contributed by atoms with Gasteiger partial charge in [-0.15, -0.1) is 0 Å². The van der Waals surface area contributed by atoms with Crippen molar-refractivity contribution >= 4 is 28.6 Å². The lowest BCUT2D eigenvalue weighted by Crippen LogP contribution is -2.29. The normalized spacial score (nSPS) is 12.3. The zero-order valence-electron chi connectivity index (χ0n) is 13.1. The second-order valence-electron chi connectivity index (χ2n) is 5.16. The Balaban J connectivity index is 2.07. The van der Waals surface area contributed by atoms with Gasteiger partial charge in [-0.05, 0) is 38.1 Å². The maximum atomic E-state index is 12.6. The van der Waals surface area contributed by atoms with Crippen molar-refractivity contribution in [2.45, 2.75) is 19.9 Å². The third-order valence-corrected chi connectivity index (χ3v) is 3.88. The average molecular weight is 347 g/mol. The fraction of sp³-hybridized carbons (Fsp3) is 0.250. The molecule has 0 saturated heterocycles. The van der Waals surface area contributed by atoms with Gasteiger partial charge < -0.3 is 4.74 Å². The summed E-state index contributed by atoms with van der Waals surface area (Å²) in [6.07, 6.45) is 2.77. The van der Waals surface area contributed by atoms with Gasteiger partial charge in [-0.1, -0.05) is 11.6 Å². The van der Waals surface area contributed by atoms with E-state index in [2.05, 4.69) is 10.1 Å². The molecule has 0 aliphatic heterocycles. The summed E-state index contributed by atoms with van der Waals surface area (Å²) in [5.41, 5.74) is 0.799. The summed E-state index contributed by atoms with van der Waals surface area (Å²) in [5, 5.41) is 5.15. The summed E-state index contributed by atoms with van der Waals surface area (Å²) in [4.78, 5) is 28.8. The summed E-state index contributed by atoms with van der Waals surface area (Å²) >= 11 is 5.89.